The van der Waals surface area contributed by atoms with Crippen molar-refractivity contribution in [3.05, 3.63) is 52.0 Å². The molecule has 0 radical (unpaired) electrons. The second-order valence-electron chi connectivity index (χ2n) is 4.42. The number of rotatable bonds is 3. The van der Waals surface area contributed by atoms with Crippen LogP contribution in [0.5, 0.6) is 5.88 Å². The molecule has 3 N–H and O–H groups in total. The molecule has 1 aromatic heterocycles. The van der Waals surface area contributed by atoms with Crippen LogP contribution in [0.15, 0.2) is 48.4 Å². The van der Waals surface area contributed by atoms with E-state index < -0.39 is 20.1 Å². The van der Waals surface area contributed by atoms with Crippen LogP contribution in [-0.4, -0.2) is 9.91 Å². The second kappa shape index (κ2) is 5.34. The molecule has 1 aromatic rings. The zero-order valence-electron chi connectivity index (χ0n) is 10.8. The predicted octanol–water partition coefficient (Wildman–Crippen LogP) is 2.38. The summed E-state index contributed by atoms with van der Waals surface area (Å²) >= 11 is -1.25. The van der Waals surface area contributed by atoms with Crippen molar-refractivity contribution in [1.29, 1.82) is 0 Å². The number of fused-ring (bicyclic) bond motifs is 1. The van der Waals surface area contributed by atoms with Crippen LogP contribution in [0.1, 0.15) is 12.8 Å². The zero-order chi connectivity index (χ0) is 13.2. The number of nitrogens with zero attached hydrogens (tertiary/aromatic N) is 1. The van der Waals surface area contributed by atoms with Gasteiger partial charge in [0.25, 0.3) is 0 Å². The van der Waals surface area contributed by atoms with Crippen molar-refractivity contribution >= 4 is 25.8 Å². The summed E-state index contributed by atoms with van der Waals surface area (Å²) in [6, 6.07) is 2.01. The first-order valence-corrected chi connectivity index (χ1v) is 10.6. The minimum absolute atomic E-state index is 0.763. The standard InChI is InChI=1S/C14H16IN3O/c1-3-10-5-4-6-11(9-10)19-14-13-12(7-8-16-14)17-18-15(13)2/h3,6-9,17-18H,1,4-5H2,2H3/p+1. The molecule has 5 heteroatoms. The fourth-order valence-corrected chi connectivity index (χ4v) is 5.47. The van der Waals surface area contributed by atoms with E-state index in [4.69, 9.17) is 4.74 Å². The van der Waals surface area contributed by atoms with E-state index in [0.29, 0.717) is 0 Å². The quantitative estimate of drug-likeness (QED) is 0.372. The molecule has 0 bridgehead atoms. The molecule has 0 spiro atoms. The van der Waals surface area contributed by atoms with Crippen LogP contribution >= 0.6 is 20.1 Å². The van der Waals surface area contributed by atoms with Crippen molar-refractivity contribution in [2.45, 2.75) is 12.8 Å². The SMILES string of the molecule is C=CC1=CC(Oc2nccc3c2I(C)[NH2+]N3)=CCC1. The number of ether oxygens (including phenoxy) is 1. The number of pyridine rings is 1. The van der Waals surface area contributed by atoms with E-state index >= 15 is 0 Å². The summed E-state index contributed by atoms with van der Waals surface area (Å²) in [6.07, 6.45) is 9.91. The Labute approximate surface area is 120 Å². The average molecular weight is 370 g/mol. The van der Waals surface area contributed by atoms with Gasteiger partial charge < -0.3 is 0 Å². The zero-order valence-corrected chi connectivity index (χ0v) is 13.0. The Morgan fingerprint density at radius 2 is 2.47 bits per heavy atom. The number of alkyl halides is 1. The maximum atomic E-state index is 6.01. The second-order valence-corrected chi connectivity index (χ2v) is 9.07. The van der Waals surface area contributed by atoms with E-state index in [9.17, 15) is 0 Å². The molecule has 0 saturated heterocycles. The minimum atomic E-state index is -1.25. The van der Waals surface area contributed by atoms with E-state index in [2.05, 4.69) is 37.7 Å². The van der Waals surface area contributed by atoms with Gasteiger partial charge in [0.1, 0.15) is 0 Å². The number of anilines is 1. The van der Waals surface area contributed by atoms with E-state index in [1.54, 1.807) is 6.20 Å². The van der Waals surface area contributed by atoms with Crippen molar-refractivity contribution < 1.29 is 8.38 Å². The monoisotopic (exact) mass is 370 g/mol. The maximum absolute atomic E-state index is 6.01. The Kier molecular flexibility index (Phi) is 3.56. The van der Waals surface area contributed by atoms with Crippen LogP contribution in [-0.2, 0) is 0 Å². The van der Waals surface area contributed by atoms with Gasteiger partial charge in [-0.1, -0.05) is 0 Å². The molecule has 1 aliphatic heterocycles. The van der Waals surface area contributed by atoms with Crippen LogP contribution in [0, 0.1) is 3.57 Å². The molecule has 100 valence electrons. The van der Waals surface area contributed by atoms with Gasteiger partial charge in [-0.15, -0.1) is 0 Å². The number of allylic oxidation sites excluding steroid dienone is 4. The van der Waals surface area contributed by atoms with Crippen molar-refractivity contribution in [3.8, 4) is 5.88 Å². The molecule has 2 heterocycles. The van der Waals surface area contributed by atoms with Gasteiger partial charge in [-0.2, -0.15) is 0 Å². The van der Waals surface area contributed by atoms with E-state index in [1.165, 1.54) is 9.14 Å². The molecule has 0 fully saturated rings. The number of aromatic nitrogens is 1. The first-order chi connectivity index (χ1) is 9.28. The summed E-state index contributed by atoms with van der Waals surface area (Å²) in [5, 5.41) is 0. The van der Waals surface area contributed by atoms with Crippen LogP contribution < -0.4 is 13.8 Å². The van der Waals surface area contributed by atoms with Gasteiger partial charge in [0, 0.05) is 0 Å². The number of nitrogens with two attached hydrogens (primary N) is 1. The summed E-state index contributed by atoms with van der Waals surface area (Å²) in [6.45, 7) is 3.82. The molecular formula is C14H17IN3O+. The third kappa shape index (κ3) is 2.52. The Bertz CT molecular complexity index is 580. The molecule has 2 aliphatic rings. The molecule has 0 aromatic carbocycles. The third-order valence-electron chi connectivity index (χ3n) is 3.11. The average Bonchev–Trinajstić information content (AvgIpc) is 2.82. The molecule has 19 heavy (non-hydrogen) atoms. The molecule has 4 nitrogen and oxygen atoms in total. The molecular weight excluding hydrogens is 353 g/mol. The summed E-state index contributed by atoms with van der Waals surface area (Å²) in [5.74, 6) is 1.65. The normalized spacial score (nSPS) is 19.1. The molecule has 0 saturated carbocycles. The first-order valence-electron chi connectivity index (χ1n) is 6.16. The Balaban J connectivity index is 1.89. The van der Waals surface area contributed by atoms with Gasteiger partial charge in [0.15, 0.2) is 0 Å². The van der Waals surface area contributed by atoms with Crippen molar-refractivity contribution in [1.82, 2.24) is 4.98 Å². The third-order valence-corrected chi connectivity index (χ3v) is 7.10. The number of hydrogen-bond donors (Lipinski definition) is 2. The fourth-order valence-electron chi connectivity index (χ4n) is 2.13. The van der Waals surface area contributed by atoms with Gasteiger partial charge in [0.2, 0.25) is 0 Å². The van der Waals surface area contributed by atoms with Crippen LogP contribution in [0.2, 0.25) is 0 Å². The van der Waals surface area contributed by atoms with Crippen molar-refractivity contribution in [2.24, 2.45) is 0 Å². The Hall–Kier alpha value is -1.34. The molecule has 0 unspecified atom stereocenters. The van der Waals surface area contributed by atoms with Crippen LogP contribution in [0.4, 0.5) is 5.69 Å². The number of nitrogens with one attached hydrogen (secondary N) is 1. The molecule has 0 amide bonds. The fraction of sp³-hybridized carbons (Fsp3) is 0.214. The number of hydrogen-bond acceptors (Lipinski definition) is 3. The topological polar surface area (TPSA) is 50.8 Å². The van der Waals surface area contributed by atoms with Gasteiger partial charge in [0.05, 0.1) is 0 Å². The van der Waals surface area contributed by atoms with E-state index in [0.717, 1.165) is 30.2 Å². The van der Waals surface area contributed by atoms with Gasteiger partial charge in [-0.25, -0.2) is 0 Å². The van der Waals surface area contributed by atoms with Crippen LogP contribution in [0.3, 0.4) is 0 Å². The summed E-state index contributed by atoms with van der Waals surface area (Å²) < 4.78 is 9.50. The molecule has 1 aliphatic carbocycles. The van der Waals surface area contributed by atoms with Gasteiger partial charge in [-0.05, 0) is 0 Å². The summed E-state index contributed by atoms with van der Waals surface area (Å²) in [7, 11) is 0. The molecule has 0 atom stereocenters. The van der Waals surface area contributed by atoms with Gasteiger partial charge >= 0.3 is 120 Å². The van der Waals surface area contributed by atoms with Crippen molar-refractivity contribution in [3.63, 3.8) is 0 Å². The Morgan fingerprint density at radius 3 is 3.32 bits per heavy atom. The van der Waals surface area contributed by atoms with E-state index in [1.807, 2.05) is 12.1 Å². The number of halogens is 1. The number of nitrogen functional groups attached to an aromatic ring is 1. The molecule has 3 rings (SSSR count). The van der Waals surface area contributed by atoms with E-state index in [-0.39, 0.29) is 0 Å². The Morgan fingerprint density at radius 1 is 1.58 bits per heavy atom. The summed E-state index contributed by atoms with van der Waals surface area (Å²) in [4.78, 5) is 6.70. The van der Waals surface area contributed by atoms with Crippen molar-refractivity contribution in [2.75, 3.05) is 10.4 Å². The van der Waals surface area contributed by atoms with Gasteiger partial charge in [-0.3, -0.25) is 0 Å². The van der Waals surface area contributed by atoms with Crippen LogP contribution in [0.25, 0.3) is 0 Å². The predicted molar refractivity (Wildman–Crippen MR) is 84.7 cm³/mol. The number of quaternary nitrogens is 1. The first kappa shape index (κ1) is 12.7. The summed E-state index contributed by atoms with van der Waals surface area (Å²) in [5.41, 5.74) is 5.70.